The van der Waals surface area contributed by atoms with Crippen LogP contribution in [0.2, 0.25) is 0 Å². The van der Waals surface area contributed by atoms with Crippen molar-refractivity contribution in [2.45, 2.75) is 44.4 Å². The van der Waals surface area contributed by atoms with Crippen molar-refractivity contribution < 1.29 is 54.1 Å². The summed E-state index contributed by atoms with van der Waals surface area (Å²) in [7, 11) is -4.05. The first-order valence-electron chi connectivity index (χ1n) is 12.3. The molecule has 2 atom stereocenters. The molecule has 2 saturated carbocycles. The van der Waals surface area contributed by atoms with Crippen LogP contribution in [0.5, 0.6) is 0 Å². The van der Waals surface area contributed by atoms with E-state index in [1.807, 2.05) is 4.83 Å². The van der Waals surface area contributed by atoms with Crippen molar-refractivity contribution >= 4 is 39.3 Å². The summed E-state index contributed by atoms with van der Waals surface area (Å²) < 4.78 is 24.6. The van der Waals surface area contributed by atoms with Crippen LogP contribution in [0, 0.1) is 22.7 Å². The van der Waals surface area contributed by atoms with E-state index in [4.69, 9.17) is 21.7 Å². The standard InChI is InChI=1S/C17H15N3O7S.C9H18N2.Pt/c1-10-2-7-14(21)20(10)12-3-5-13(6-4-12)28(26,27)19-18-11-8-17(9-11,15(22)23)16(24)25;1-9(2)3-7(5-10)8(4-9)6-11;/h2-7,19H,1,8-9H2,(H,22,23)(H,24,25);7-8,10-11H,3-6H2,1-2H3;/q;-2;+2/t;7-,8-;/m.0./s1. The number of anilines is 1. The Bertz CT molecular complexity index is 1270. The Morgan fingerprint density at radius 3 is 1.95 bits per heavy atom. The first-order valence-corrected chi connectivity index (χ1v) is 13.8. The first kappa shape index (κ1) is 33.3. The third kappa shape index (κ3) is 7.06. The van der Waals surface area contributed by atoms with Gasteiger partial charge in [-0.3, -0.25) is 19.3 Å². The number of hydrogen-bond acceptors (Lipinski definition) is 6. The molecule has 1 heterocycles. The minimum atomic E-state index is -4.05. The number of carbonyl (C=O) groups excluding carboxylic acids is 1. The zero-order chi connectivity index (χ0) is 29.2. The number of nitrogens with one attached hydrogen (secondary N) is 3. The number of carbonyl (C=O) groups is 3. The van der Waals surface area contributed by atoms with Crippen LogP contribution >= 0.6 is 0 Å². The van der Waals surface area contributed by atoms with Gasteiger partial charge in [0.2, 0.25) is 0 Å². The number of hydrogen-bond donors (Lipinski definition) is 3. The van der Waals surface area contributed by atoms with E-state index in [9.17, 15) is 22.8 Å². The minimum Gasteiger partial charge on any atom is -0.677 e. The molecule has 1 aromatic rings. The Morgan fingerprint density at radius 1 is 1.05 bits per heavy atom. The average Bonchev–Trinajstić information content (AvgIpc) is 3.34. The maximum absolute atomic E-state index is 12.3. The van der Waals surface area contributed by atoms with Gasteiger partial charge in [-0.2, -0.15) is 13.5 Å². The van der Waals surface area contributed by atoms with Crippen LogP contribution in [-0.2, 0) is 45.5 Å². The van der Waals surface area contributed by atoms with E-state index in [1.54, 1.807) is 0 Å². The molecule has 220 valence electrons. The Balaban J connectivity index is 0.000000394. The van der Waals surface area contributed by atoms with Crippen molar-refractivity contribution in [2.24, 2.45) is 27.8 Å². The number of benzene rings is 1. The molecule has 2 fully saturated rings. The van der Waals surface area contributed by atoms with Gasteiger partial charge in [-0.05, 0) is 48.6 Å². The molecule has 1 aromatic carbocycles. The number of amides is 1. The number of carboxylic acid groups (broad SMARTS) is 2. The SMILES string of the molecule is C=C1C=CC(=O)N1c1ccc(S(=O)(=O)NN=C2CC(C(=O)O)(C(=O)O)C2)cc1.CC1(C)C[C@@H](C[NH-])[C@H](C[NH-])C1.[Pt+2]. The summed E-state index contributed by atoms with van der Waals surface area (Å²) in [6.07, 6.45) is 4.42. The average molecular weight is 755 g/mol. The van der Waals surface area contributed by atoms with Gasteiger partial charge >= 0.3 is 33.0 Å². The number of nitrogens with zero attached hydrogens (tertiary/aromatic N) is 2. The molecule has 0 aromatic heterocycles. The monoisotopic (exact) mass is 754 g/mol. The van der Waals surface area contributed by atoms with Gasteiger partial charge in [-0.15, -0.1) is 13.1 Å². The molecule has 0 spiro atoms. The molecule has 40 heavy (non-hydrogen) atoms. The van der Waals surface area contributed by atoms with E-state index < -0.39 is 27.4 Å². The predicted molar refractivity (Wildman–Crippen MR) is 145 cm³/mol. The van der Waals surface area contributed by atoms with Crippen LogP contribution in [0.3, 0.4) is 0 Å². The van der Waals surface area contributed by atoms with Crippen molar-refractivity contribution in [3.05, 3.63) is 60.2 Å². The van der Waals surface area contributed by atoms with Gasteiger partial charge in [0.25, 0.3) is 15.9 Å². The third-order valence-corrected chi connectivity index (χ3v) is 8.53. The normalized spacial score (nSPS) is 22.5. The zero-order valence-corrected chi connectivity index (χ0v) is 25.2. The van der Waals surface area contributed by atoms with E-state index in [0.29, 0.717) is 41.7 Å². The van der Waals surface area contributed by atoms with Crippen LogP contribution in [0.4, 0.5) is 5.69 Å². The second-order valence-corrected chi connectivity index (χ2v) is 12.5. The Kier molecular flexibility index (Phi) is 10.6. The summed E-state index contributed by atoms with van der Waals surface area (Å²) in [6, 6.07) is 5.41. The van der Waals surface area contributed by atoms with Crippen molar-refractivity contribution in [2.75, 3.05) is 18.0 Å². The predicted octanol–water partition coefficient (Wildman–Crippen LogP) is 3.83. The third-order valence-electron chi connectivity index (χ3n) is 7.31. The molecule has 14 heteroatoms. The van der Waals surface area contributed by atoms with Crippen molar-refractivity contribution in [3.8, 4) is 0 Å². The number of rotatable bonds is 8. The summed E-state index contributed by atoms with van der Waals surface area (Å²) in [4.78, 5) is 37.1. The van der Waals surface area contributed by atoms with Gasteiger partial charge in [0.15, 0.2) is 5.41 Å². The van der Waals surface area contributed by atoms with Gasteiger partial charge in [0.05, 0.1) is 4.90 Å². The summed E-state index contributed by atoms with van der Waals surface area (Å²) in [5.41, 5.74) is 14.1. The van der Waals surface area contributed by atoms with Crippen LogP contribution in [-0.4, -0.2) is 55.3 Å². The molecule has 12 nitrogen and oxygen atoms in total. The van der Waals surface area contributed by atoms with Gasteiger partial charge < -0.3 is 21.7 Å². The van der Waals surface area contributed by atoms with Gasteiger partial charge in [0, 0.05) is 36.0 Å². The maximum atomic E-state index is 12.3. The second kappa shape index (κ2) is 12.8. The fraction of sp³-hybridized carbons (Fsp3) is 0.462. The Hall–Kier alpha value is -2.86. The number of aliphatic carboxylic acids is 2. The minimum absolute atomic E-state index is 0. The van der Waals surface area contributed by atoms with Crippen LogP contribution in [0.15, 0.2) is 58.7 Å². The van der Waals surface area contributed by atoms with Crippen LogP contribution < -0.4 is 9.73 Å². The van der Waals surface area contributed by atoms with Gasteiger partial charge in [-0.25, -0.2) is 4.83 Å². The molecular formula is C26H33N5O7PtS. The van der Waals surface area contributed by atoms with Crippen molar-refractivity contribution in [1.29, 1.82) is 0 Å². The van der Waals surface area contributed by atoms with Gasteiger partial charge in [-0.1, -0.05) is 32.3 Å². The van der Waals surface area contributed by atoms with Crippen LogP contribution in [0.1, 0.15) is 39.5 Å². The molecule has 0 bridgehead atoms. The first-order chi connectivity index (χ1) is 18.2. The molecule has 0 saturated heterocycles. The fourth-order valence-corrected chi connectivity index (χ4v) is 5.98. The maximum Gasteiger partial charge on any atom is 2.00 e. The second-order valence-electron chi connectivity index (χ2n) is 10.8. The molecular weight excluding hydrogens is 721 g/mol. The molecule has 4 rings (SSSR count). The molecule has 3 aliphatic rings. The molecule has 0 radical (unpaired) electrons. The quantitative estimate of drug-likeness (QED) is 0.264. The summed E-state index contributed by atoms with van der Waals surface area (Å²) in [6.45, 7) is 9.27. The number of carboxylic acids is 2. The molecule has 5 N–H and O–H groups in total. The number of sulfonamides is 1. The topological polar surface area (TPSA) is 201 Å². The van der Waals surface area contributed by atoms with Crippen molar-refractivity contribution in [1.82, 2.24) is 4.83 Å². The summed E-state index contributed by atoms with van der Waals surface area (Å²) >= 11 is 0. The van der Waals surface area contributed by atoms with E-state index in [0.717, 1.165) is 12.8 Å². The largest absolute Gasteiger partial charge is 2.00 e. The summed E-state index contributed by atoms with van der Waals surface area (Å²) in [5.74, 6) is -2.28. The number of allylic oxidation sites excluding steroid dienone is 1. The molecule has 0 unspecified atom stereocenters. The molecule has 1 aliphatic heterocycles. The van der Waals surface area contributed by atoms with E-state index >= 15 is 0 Å². The molecule has 2 aliphatic carbocycles. The Morgan fingerprint density at radius 2 is 1.55 bits per heavy atom. The Labute approximate surface area is 247 Å². The zero-order valence-electron chi connectivity index (χ0n) is 22.1. The smallest absolute Gasteiger partial charge is 0.677 e. The number of hydrazone groups is 1. The van der Waals surface area contributed by atoms with E-state index in [-0.39, 0.29) is 50.4 Å². The van der Waals surface area contributed by atoms with E-state index in [1.165, 1.54) is 41.3 Å². The van der Waals surface area contributed by atoms with Crippen molar-refractivity contribution in [3.63, 3.8) is 0 Å². The fourth-order valence-electron chi connectivity index (χ4n) is 5.13. The van der Waals surface area contributed by atoms with Gasteiger partial charge in [0.1, 0.15) is 0 Å². The summed E-state index contributed by atoms with van der Waals surface area (Å²) in [5, 5.41) is 21.7. The molecule has 1 amide bonds. The van der Waals surface area contributed by atoms with Crippen LogP contribution in [0.25, 0.3) is 11.5 Å². The van der Waals surface area contributed by atoms with E-state index in [2.05, 4.69) is 25.5 Å².